The highest BCUT2D eigenvalue weighted by Crippen LogP contribution is 2.39. The molecule has 3 nitrogen and oxygen atoms in total. The Morgan fingerprint density at radius 1 is 1.41 bits per heavy atom. The van der Waals surface area contributed by atoms with Gasteiger partial charge in [-0.2, -0.15) is 0 Å². The van der Waals surface area contributed by atoms with Crippen LogP contribution in [0.15, 0.2) is 12.1 Å². The monoisotopic (exact) mass is 322 g/mol. The van der Waals surface area contributed by atoms with Gasteiger partial charge in [0.25, 0.3) is 0 Å². The van der Waals surface area contributed by atoms with Gasteiger partial charge in [-0.05, 0) is 55.8 Å². The first-order valence-electron chi connectivity index (χ1n) is 7.96. The number of aryl methyl sites for hydroxylation is 1. The molecule has 1 aliphatic rings. The van der Waals surface area contributed by atoms with Crippen LogP contribution in [0.25, 0.3) is 0 Å². The quantitative estimate of drug-likeness (QED) is 0.644. The van der Waals surface area contributed by atoms with Crippen molar-refractivity contribution in [2.45, 2.75) is 47.0 Å². The second-order valence-electron chi connectivity index (χ2n) is 7.79. The molecule has 0 amide bonds. The van der Waals surface area contributed by atoms with Crippen molar-refractivity contribution in [3.05, 3.63) is 28.3 Å². The molecular weight excluding hydrogens is 296 g/mol. The first kappa shape index (κ1) is 17.3. The number of benzene rings is 1. The smallest absolute Gasteiger partial charge is 0.170 e. The molecular formula is C18H27ClN2O. The summed E-state index contributed by atoms with van der Waals surface area (Å²) in [5.41, 5.74) is 7.94. The minimum Gasteiger partial charge on any atom is -0.397 e. The third kappa shape index (κ3) is 3.64. The number of nitrogen functional groups attached to an aromatic ring is 1. The Hall–Kier alpha value is -1.06. The molecule has 1 atom stereocenters. The molecule has 4 heteroatoms. The van der Waals surface area contributed by atoms with Crippen LogP contribution in [0.1, 0.15) is 56.0 Å². The van der Waals surface area contributed by atoms with Crippen LogP contribution in [0.2, 0.25) is 5.02 Å². The third-order valence-corrected chi connectivity index (χ3v) is 4.99. The van der Waals surface area contributed by atoms with Gasteiger partial charge in [-0.25, -0.2) is 0 Å². The highest BCUT2D eigenvalue weighted by atomic mass is 35.5. The molecule has 0 bridgehead atoms. The van der Waals surface area contributed by atoms with Crippen molar-refractivity contribution in [1.82, 2.24) is 5.32 Å². The van der Waals surface area contributed by atoms with Gasteiger partial charge in [-0.1, -0.05) is 32.4 Å². The molecule has 1 aromatic carbocycles. The van der Waals surface area contributed by atoms with Gasteiger partial charge < -0.3 is 11.1 Å². The van der Waals surface area contributed by atoms with Gasteiger partial charge in [0.1, 0.15) is 0 Å². The van der Waals surface area contributed by atoms with Crippen molar-refractivity contribution in [3.63, 3.8) is 0 Å². The van der Waals surface area contributed by atoms with E-state index in [1.165, 1.54) is 0 Å². The van der Waals surface area contributed by atoms with Crippen molar-refractivity contribution < 1.29 is 4.79 Å². The molecule has 1 aliphatic heterocycles. The summed E-state index contributed by atoms with van der Waals surface area (Å²) in [5, 5.41) is 3.83. The van der Waals surface area contributed by atoms with E-state index >= 15 is 0 Å². The van der Waals surface area contributed by atoms with Crippen LogP contribution in [0.3, 0.4) is 0 Å². The van der Waals surface area contributed by atoms with E-state index in [1.807, 2.05) is 13.0 Å². The number of nitrogens with one attached hydrogen (secondary N) is 1. The molecule has 0 saturated carbocycles. The summed E-state index contributed by atoms with van der Waals surface area (Å²) in [6.45, 7) is 10.2. The Labute approximate surface area is 138 Å². The fourth-order valence-corrected chi connectivity index (χ4v) is 3.34. The van der Waals surface area contributed by atoms with Crippen LogP contribution in [0.5, 0.6) is 0 Å². The highest BCUT2D eigenvalue weighted by molar-refractivity contribution is 6.33. The zero-order valence-electron chi connectivity index (χ0n) is 14.1. The average molecular weight is 323 g/mol. The van der Waals surface area contributed by atoms with Crippen molar-refractivity contribution in [3.8, 4) is 0 Å². The van der Waals surface area contributed by atoms with Crippen molar-refractivity contribution in [2.75, 3.05) is 18.8 Å². The van der Waals surface area contributed by atoms with Crippen LogP contribution in [-0.4, -0.2) is 18.9 Å². The number of halogens is 1. The number of anilines is 1. The van der Waals surface area contributed by atoms with Crippen LogP contribution in [0.4, 0.5) is 5.69 Å². The molecule has 0 spiro atoms. The number of rotatable bonds is 4. The fraction of sp³-hybridized carbons (Fsp3) is 0.611. The van der Waals surface area contributed by atoms with Gasteiger partial charge in [0.2, 0.25) is 0 Å². The molecule has 1 saturated heterocycles. The lowest BCUT2D eigenvalue weighted by atomic mass is 9.72. The number of carbonyl (C=O) groups excluding carboxylic acids is 1. The SMILES string of the molecule is Cc1cc(C(=O)C2(CCC(C)(C)C)CCNC2)cc(Cl)c1N. The number of carbonyl (C=O) groups is 1. The summed E-state index contributed by atoms with van der Waals surface area (Å²) in [5.74, 6) is 0.201. The van der Waals surface area contributed by atoms with E-state index in [1.54, 1.807) is 6.07 Å². The zero-order chi connectivity index (χ0) is 16.5. The lowest BCUT2D eigenvalue weighted by molar-refractivity contribution is 0.0783. The number of nitrogens with two attached hydrogens (primary N) is 1. The van der Waals surface area contributed by atoms with E-state index in [-0.39, 0.29) is 16.6 Å². The average Bonchev–Trinajstić information content (AvgIpc) is 2.90. The predicted octanol–water partition coefficient (Wildman–Crippen LogP) is 4.22. The Morgan fingerprint density at radius 3 is 2.59 bits per heavy atom. The summed E-state index contributed by atoms with van der Waals surface area (Å²) in [6, 6.07) is 3.60. The van der Waals surface area contributed by atoms with E-state index in [0.29, 0.717) is 16.3 Å². The van der Waals surface area contributed by atoms with Gasteiger partial charge >= 0.3 is 0 Å². The van der Waals surface area contributed by atoms with Gasteiger partial charge in [-0.15, -0.1) is 0 Å². The molecule has 1 aromatic rings. The van der Waals surface area contributed by atoms with Crippen LogP contribution in [0, 0.1) is 17.8 Å². The Kier molecular flexibility index (Phi) is 4.88. The standard InChI is InChI=1S/C18H27ClN2O/c1-12-9-13(10-14(19)15(12)20)16(22)18(7-8-21-11-18)6-5-17(2,3)4/h9-10,21H,5-8,11,20H2,1-4H3. The normalized spacial score (nSPS) is 22.0. The minimum atomic E-state index is -0.306. The molecule has 1 heterocycles. The number of Topliss-reactive ketones (excluding diaryl/α,β-unsaturated/α-hetero) is 1. The van der Waals surface area contributed by atoms with Crippen molar-refractivity contribution in [2.24, 2.45) is 10.8 Å². The number of hydrogen-bond donors (Lipinski definition) is 2. The van der Waals surface area contributed by atoms with Crippen molar-refractivity contribution >= 4 is 23.1 Å². The molecule has 3 N–H and O–H groups in total. The summed E-state index contributed by atoms with van der Waals surface area (Å²) in [7, 11) is 0. The maximum atomic E-state index is 13.2. The summed E-state index contributed by atoms with van der Waals surface area (Å²) in [4.78, 5) is 13.2. The minimum absolute atomic E-state index is 0.201. The maximum Gasteiger partial charge on any atom is 0.170 e. The van der Waals surface area contributed by atoms with Gasteiger partial charge in [-0.3, -0.25) is 4.79 Å². The van der Waals surface area contributed by atoms with E-state index in [9.17, 15) is 4.79 Å². The number of hydrogen-bond acceptors (Lipinski definition) is 3. The largest absolute Gasteiger partial charge is 0.397 e. The lowest BCUT2D eigenvalue weighted by Crippen LogP contribution is -2.34. The molecule has 22 heavy (non-hydrogen) atoms. The molecule has 0 aromatic heterocycles. The molecule has 1 fully saturated rings. The van der Waals surface area contributed by atoms with Gasteiger partial charge in [0, 0.05) is 17.5 Å². The first-order valence-corrected chi connectivity index (χ1v) is 8.34. The second-order valence-corrected chi connectivity index (χ2v) is 8.19. The van der Waals surface area contributed by atoms with E-state index in [4.69, 9.17) is 17.3 Å². The molecule has 1 unspecified atom stereocenters. The third-order valence-electron chi connectivity index (χ3n) is 4.68. The zero-order valence-corrected chi connectivity index (χ0v) is 14.8. The summed E-state index contributed by atoms with van der Waals surface area (Å²) < 4.78 is 0. The van der Waals surface area contributed by atoms with Crippen molar-refractivity contribution in [1.29, 1.82) is 0 Å². The Balaban J connectivity index is 2.31. The van der Waals surface area contributed by atoms with E-state index < -0.39 is 0 Å². The maximum absolute atomic E-state index is 13.2. The Morgan fingerprint density at radius 2 is 2.09 bits per heavy atom. The highest BCUT2D eigenvalue weighted by Gasteiger charge is 2.41. The van der Waals surface area contributed by atoms with Gasteiger partial charge in [0.05, 0.1) is 10.7 Å². The van der Waals surface area contributed by atoms with E-state index in [2.05, 4.69) is 26.1 Å². The van der Waals surface area contributed by atoms with E-state index in [0.717, 1.165) is 37.9 Å². The van der Waals surface area contributed by atoms with Crippen LogP contribution >= 0.6 is 11.6 Å². The fourth-order valence-electron chi connectivity index (χ4n) is 3.07. The van der Waals surface area contributed by atoms with Crippen LogP contribution < -0.4 is 11.1 Å². The molecule has 2 rings (SSSR count). The predicted molar refractivity (Wildman–Crippen MR) is 93.5 cm³/mol. The molecule has 0 aliphatic carbocycles. The summed E-state index contributed by atoms with van der Waals surface area (Å²) >= 11 is 6.17. The first-order chi connectivity index (χ1) is 10.1. The number of ketones is 1. The molecule has 0 radical (unpaired) electrons. The summed E-state index contributed by atoms with van der Waals surface area (Å²) in [6.07, 6.45) is 2.83. The lowest BCUT2D eigenvalue weighted by Gasteiger charge is -2.30. The second kappa shape index (κ2) is 6.21. The van der Waals surface area contributed by atoms with Crippen LogP contribution in [-0.2, 0) is 0 Å². The topological polar surface area (TPSA) is 55.1 Å². The van der Waals surface area contributed by atoms with Gasteiger partial charge in [0.15, 0.2) is 5.78 Å². The Bertz CT molecular complexity index is 546. The molecule has 122 valence electrons.